The van der Waals surface area contributed by atoms with Gasteiger partial charge in [0.2, 0.25) is 5.91 Å². The van der Waals surface area contributed by atoms with Gasteiger partial charge in [-0.3, -0.25) is 4.79 Å². The van der Waals surface area contributed by atoms with Crippen LogP contribution in [-0.2, 0) is 9.53 Å². The molecular formula is C22H25NO6. The number of hydrogen-bond acceptors (Lipinski definition) is 6. The van der Waals surface area contributed by atoms with Crippen LogP contribution in [0.15, 0.2) is 42.5 Å². The highest BCUT2D eigenvalue weighted by Gasteiger charge is 2.14. The molecule has 0 saturated carbocycles. The first-order chi connectivity index (χ1) is 14.0. The number of carbonyl (C=O) groups excluding carboxylic acids is 2. The fraction of sp³-hybridized carbons (Fsp3) is 0.273. The van der Waals surface area contributed by atoms with Crippen molar-refractivity contribution in [3.8, 4) is 17.2 Å². The number of benzene rings is 2. The van der Waals surface area contributed by atoms with Gasteiger partial charge >= 0.3 is 5.97 Å². The van der Waals surface area contributed by atoms with E-state index in [1.165, 1.54) is 26.4 Å². The predicted octanol–water partition coefficient (Wildman–Crippen LogP) is 3.93. The third kappa shape index (κ3) is 6.00. The lowest BCUT2D eigenvalue weighted by molar-refractivity contribution is -0.111. The molecule has 0 aliphatic heterocycles. The highest BCUT2D eigenvalue weighted by Crippen LogP contribution is 2.29. The second kappa shape index (κ2) is 10.8. The number of anilines is 1. The Hall–Kier alpha value is -3.48. The molecule has 0 bridgehead atoms. The summed E-state index contributed by atoms with van der Waals surface area (Å²) in [6.45, 7) is 2.62. The number of methoxy groups -OCH3 is 3. The molecule has 0 unspecified atom stereocenters. The van der Waals surface area contributed by atoms with Crippen molar-refractivity contribution in [2.45, 2.75) is 13.3 Å². The smallest absolute Gasteiger partial charge is 0.340 e. The van der Waals surface area contributed by atoms with Crippen molar-refractivity contribution in [2.75, 3.05) is 33.3 Å². The summed E-state index contributed by atoms with van der Waals surface area (Å²) in [4.78, 5) is 24.3. The SMILES string of the molecule is CCCOc1ccc(/C=C/C(=O)Nc2ccc(OC)cc2C(=O)OC)cc1OC. The largest absolute Gasteiger partial charge is 0.497 e. The van der Waals surface area contributed by atoms with Crippen LogP contribution in [-0.4, -0.2) is 39.8 Å². The quantitative estimate of drug-likeness (QED) is 0.508. The Kier molecular flexibility index (Phi) is 8.09. The zero-order chi connectivity index (χ0) is 21.2. The number of rotatable bonds is 9. The maximum Gasteiger partial charge on any atom is 0.340 e. The second-order valence-electron chi connectivity index (χ2n) is 5.98. The molecule has 2 aromatic rings. The molecule has 0 aliphatic carbocycles. The first-order valence-corrected chi connectivity index (χ1v) is 9.08. The van der Waals surface area contributed by atoms with Gasteiger partial charge in [0.15, 0.2) is 11.5 Å². The lowest BCUT2D eigenvalue weighted by Crippen LogP contribution is -2.13. The Morgan fingerprint density at radius 2 is 1.79 bits per heavy atom. The number of ether oxygens (including phenoxy) is 4. The highest BCUT2D eigenvalue weighted by molar-refractivity contribution is 6.06. The van der Waals surface area contributed by atoms with Crippen molar-refractivity contribution in [1.29, 1.82) is 0 Å². The molecule has 1 amide bonds. The molecule has 7 nitrogen and oxygen atoms in total. The van der Waals surface area contributed by atoms with Gasteiger partial charge in [-0.15, -0.1) is 0 Å². The zero-order valence-corrected chi connectivity index (χ0v) is 17.0. The minimum atomic E-state index is -0.574. The van der Waals surface area contributed by atoms with Gasteiger partial charge in [-0.2, -0.15) is 0 Å². The van der Waals surface area contributed by atoms with Gasteiger partial charge in [-0.1, -0.05) is 13.0 Å². The Labute approximate surface area is 170 Å². The number of nitrogens with one attached hydrogen (secondary N) is 1. The summed E-state index contributed by atoms with van der Waals surface area (Å²) < 4.78 is 20.8. The van der Waals surface area contributed by atoms with Crippen molar-refractivity contribution in [3.63, 3.8) is 0 Å². The Morgan fingerprint density at radius 3 is 2.45 bits per heavy atom. The molecule has 29 heavy (non-hydrogen) atoms. The second-order valence-corrected chi connectivity index (χ2v) is 5.98. The average molecular weight is 399 g/mol. The van der Waals surface area contributed by atoms with E-state index in [0.29, 0.717) is 29.5 Å². The molecule has 0 heterocycles. The van der Waals surface area contributed by atoms with E-state index in [2.05, 4.69) is 5.32 Å². The third-order valence-electron chi connectivity index (χ3n) is 3.97. The molecule has 154 valence electrons. The standard InChI is InChI=1S/C22H25NO6/c1-5-12-29-19-10-6-15(13-20(19)27-3)7-11-21(24)23-18-9-8-16(26-2)14-17(18)22(25)28-4/h6-11,13-14H,5,12H2,1-4H3,(H,23,24)/b11-7+. The van der Waals surface area contributed by atoms with Crippen LogP contribution in [0.25, 0.3) is 6.08 Å². The van der Waals surface area contributed by atoms with E-state index in [4.69, 9.17) is 18.9 Å². The average Bonchev–Trinajstić information content (AvgIpc) is 2.76. The minimum absolute atomic E-state index is 0.202. The fourth-order valence-electron chi connectivity index (χ4n) is 2.50. The van der Waals surface area contributed by atoms with Crippen molar-refractivity contribution >= 4 is 23.6 Å². The van der Waals surface area contributed by atoms with Crippen molar-refractivity contribution in [2.24, 2.45) is 0 Å². The van der Waals surface area contributed by atoms with Crippen LogP contribution in [0.5, 0.6) is 17.2 Å². The van der Waals surface area contributed by atoms with Gasteiger partial charge in [0, 0.05) is 6.08 Å². The molecule has 2 aromatic carbocycles. The molecule has 0 saturated heterocycles. The topological polar surface area (TPSA) is 83.1 Å². The number of hydrogen-bond donors (Lipinski definition) is 1. The molecule has 0 aliphatic rings. The molecule has 0 aromatic heterocycles. The molecule has 2 rings (SSSR count). The minimum Gasteiger partial charge on any atom is -0.497 e. The molecule has 0 spiro atoms. The highest BCUT2D eigenvalue weighted by atomic mass is 16.5. The normalized spacial score (nSPS) is 10.5. The number of esters is 1. The van der Waals surface area contributed by atoms with Crippen LogP contribution in [0.4, 0.5) is 5.69 Å². The van der Waals surface area contributed by atoms with Crippen LogP contribution in [0, 0.1) is 0 Å². The van der Waals surface area contributed by atoms with Crippen LogP contribution < -0.4 is 19.5 Å². The van der Waals surface area contributed by atoms with E-state index in [1.54, 1.807) is 37.5 Å². The van der Waals surface area contributed by atoms with E-state index < -0.39 is 11.9 Å². The first kappa shape index (κ1) is 21.8. The summed E-state index contributed by atoms with van der Waals surface area (Å²) in [5, 5.41) is 2.68. The Bertz CT molecular complexity index is 891. The Morgan fingerprint density at radius 1 is 1.00 bits per heavy atom. The van der Waals surface area contributed by atoms with Crippen LogP contribution >= 0.6 is 0 Å². The Balaban J connectivity index is 2.15. The van der Waals surface area contributed by atoms with Gasteiger partial charge < -0.3 is 24.3 Å². The van der Waals surface area contributed by atoms with Crippen molar-refractivity contribution in [1.82, 2.24) is 0 Å². The summed E-state index contributed by atoms with van der Waals surface area (Å²) in [6, 6.07) is 10.1. The molecule has 0 atom stereocenters. The maximum absolute atomic E-state index is 12.3. The van der Waals surface area contributed by atoms with E-state index in [0.717, 1.165) is 12.0 Å². The fourth-order valence-corrected chi connectivity index (χ4v) is 2.50. The van der Waals surface area contributed by atoms with Gasteiger partial charge in [0.25, 0.3) is 0 Å². The summed E-state index contributed by atoms with van der Waals surface area (Å²) in [5.41, 5.74) is 1.30. The zero-order valence-electron chi connectivity index (χ0n) is 17.0. The summed E-state index contributed by atoms with van der Waals surface area (Å²) >= 11 is 0. The first-order valence-electron chi connectivity index (χ1n) is 9.08. The van der Waals surface area contributed by atoms with E-state index >= 15 is 0 Å². The monoisotopic (exact) mass is 399 g/mol. The van der Waals surface area contributed by atoms with Gasteiger partial charge in [0.05, 0.1) is 39.2 Å². The number of carbonyl (C=O) groups is 2. The van der Waals surface area contributed by atoms with E-state index in [1.807, 2.05) is 13.0 Å². The van der Waals surface area contributed by atoms with E-state index in [9.17, 15) is 9.59 Å². The lowest BCUT2D eigenvalue weighted by atomic mass is 10.1. The van der Waals surface area contributed by atoms with Crippen LogP contribution in [0.2, 0.25) is 0 Å². The molecule has 0 fully saturated rings. The summed E-state index contributed by atoms with van der Waals surface area (Å²) in [7, 11) is 4.32. The molecule has 1 N–H and O–H groups in total. The van der Waals surface area contributed by atoms with Gasteiger partial charge in [-0.25, -0.2) is 4.79 Å². The van der Waals surface area contributed by atoms with E-state index in [-0.39, 0.29) is 5.56 Å². The maximum atomic E-state index is 12.3. The van der Waals surface area contributed by atoms with Crippen molar-refractivity contribution in [3.05, 3.63) is 53.6 Å². The predicted molar refractivity (Wildman–Crippen MR) is 111 cm³/mol. The summed E-state index contributed by atoms with van der Waals surface area (Å²) in [5.74, 6) is 0.749. The van der Waals surface area contributed by atoms with Crippen LogP contribution in [0.1, 0.15) is 29.3 Å². The van der Waals surface area contributed by atoms with Gasteiger partial charge in [-0.05, 0) is 48.4 Å². The van der Waals surface area contributed by atoms with Crippen LogP contribution in [0.3, 0.4) is 0 Å². The molecular weight excluding hydrogens is 374 g/mol. The third-order valence-corrected chi connectivity index (χ3v) is 3.97. The van der Waals surface area contributed by atoms with Gasteiger partial charge in [0.1, 0.15) is 5.75 Å². The molecule has 0 radical (unpaired) electrons. The lowest BCUT2D eigenvalue weighted by Gasteiger charge is -2.11. The van der Waals surface area contributed by atoms with Crippen molar-refractivity contribution < 1.29 is 28.5 Å². The number of amides is 1. The summed E-state index contributed by atoms with van der Waals surface area (Å²) in [6.07, 6.45) is 3.90. The molecule has 7 heteroatoms.